The van der Waals surface area contributed by atoms with Crippen LogP contribution in [0, 0.1) is 29.6 Å². The van der Waals surface area contributed by atoms with Gasteiger partial charge in [0.05, 0.1) is 56.7 Å². The molecule has 7 aromatic carbocycles. The maximum absolute atomic E-state index is 10.6. The molecule has 9 aromatic rings. The average molecular weight is 849 g/mol. The number of nitriles is 2. The summed E-state index contributed by atoms with van der Waals surface area (Å²) in [4.78, 5) is 0. The van der Waals surface area contributed by atoms with Crippen LogP contribution in [0.25, 0.3) is 77.2 Å². The average Bonchev–Trinajstić information content (AvgIpc) is 3.76. The molecule has 0 bridgehead atoms. The molecule has 4 nitrogen and oxygen atoms in total. The Labute approximate surface area is 385 Å². The summed E-state index contributed by atoms with van der Waals surface area (Å²) in [6.07, 6.45) is 0. The number of aryl methyl sites for hydroxylation is 1. The molecule has 0 N–H and O–H groups in total. The van der Waals surface area contributed by atoms with Crippen LogP contribution in [0.15, 0.2) is 127 Å². The molecular formula is C61H60N4. The first-order valence-corrected chi connectivity index (χ1v) is 23.0. The Balaban J connectivity index is 1.43. The van der Waals surface area contributed by atoms with Crippen molar-refractivity contribution in [2.45, 2.75) is 112 Å². The van der Waals surface area contributed by atoms with Crippen LogP contribution in [0.2, 0.25) is 0 Å². The molecule has 0 saturated heterocycles. The third kappa shape index (κ3) is 7.50. The highest BCUT2D eigenvalue weighted by Crippen LogP contribution is 2.45. The third-order valence-corrected chi connectivity index (χ3v) is 13.6. The van der Waals surface area contributed by atoms with E-state index in [4.69, 9.17) is 0 Å². The van der Waals surface area contributed by atoms with Crippen LogP contribution in [0.5, 0.6) is 0 Å². The van der Waals surface area contributed by atoms with Crippen LogP contribution in [0.3, 0.4) is 0 Å². The van der Waals surface area contributed by atoms with Gasteiger partial charge in [0.15, 0.2) is 0 Å². The predicted octanol–water partition coefficient (Wildman–Crippen LogP) is 16.5. The van der Waals surface area contributed by atoms with Gasteiger partial charge in [0, 0.05) is 32.7 Å². The standard InChI is InChI=1S/C61H60N4/c1-37-28-38(35-62)14-21-45(37)40-16-23-53(65-56-26-19-43(60(8,9)10)33-50(56)51-34-44(61(11,12)13)20-27-57(51)65)47(30-40)46-29-39(36-63)15-22-52(46)64-54-24-17-41(58(2,3)4)31-48(54)49-32-42(59(5,6)7)18-25-55(49)64/h14-34H,1-13H3. The molecule has 2 aromatic heterocycles. The summed E-state index contributed by atoms with van der Waals surface area (Å²) in [7, 11) is 0. The van der Waals surface area contributed by atoms with Gasteiger partial charge in [-0.2, -0.15) is 10.5 Å². The Morgan fingerprint density at radius 1 is 0.354 bits per heavy atom. The van der Waals surface area contributed by atoms with Gasteiger partial charge < -0.3 is 9.13 Å². The molecular weight excluding hydrogens is 789 g/mol. The maximum Gasteiger partial charge on any atom is 0.0991 e. The van der Waals surface area contributed by atoms with Crippen molar-refractivity contribution < 1.29 is 0 Å². The smallest absolute Gasteiger partial charge is 0.0991 e. The van der Waals surface area contributed by atoms with Gasteiger partial charge in [-0.3, -0.25) is 0 Å². The van der Waals surface area contributed by atoms with E-state index in [0.717, 1.165) is 61.3 Å². The molecule has 0 atom stereocenters. The van der Waals surface area contributed by atoms with Crippen molar-refractivity contribution in [1.29, 1.82) is 10.5 Å². The van der Waals surface area contributed by atoms with Gasteiger partial charge in [-0.1, -0.05) is 119 Å². The molecule has 0 spiro atoms. The summed E-state index contributed by atoms with van der Waals surface area (Å²) in [6.45, 7) is 29.4. The molecule has 0 aliphatic rings. The van der Waals surface area contributed by atoms with E-state index in [1.165, 1.54) is 43.8 Å². The Bertz CT molecular complexity index is 3350. The summed E-state index contributed by atoms with van der Waals surface area (Å²) in [6, 6.07) is 51.6. The number of hydrogen-bond acceptors (Lipinski definition) is 2. The molecule has 0 amide bonds. The minimum atomic E-state index is -0.0355. The molecule has 2 heterocycles. The molecule has 4 heteroatoms. The van der Waals surface area contributed by atoms with Gasteiger partial charge in [0.2, 0.25) is 0 Å². The minimum Gasteiger partial charge on any atom is -0.309 e. The zero-order valence-electron chi connectivity index (χ0n) is 40.4. The highest BCUT2D eigenvalue weighted by molar-refractivity contribution is 6.12. The lowest BCUT2D eigenvalue weighted by molar-refractivity contribution is 0.590. The first-order valence-electron chi connectivity index (χ1n) is 23.0. The van der Waals surface area contributed by atoms with Crippen LogP contribution >= 0.6 is 0 Å². The largest absolute Gasteiger partial charge is 0.309 e. The lowest BCUT2D eigenvalue weighted by Crippen LogP contribution is -2.10. The summed E-state index contributed by atoms with van der Waals surface area (Å²) in [5.74, 6) is 0. The molecule has 324 valence electrons. The van der Waals surface area contributed by atoms with Crippen LogP contribution in [0.1, 0.15) is 122 Å². The van der Waals surface area contributed by atoms with Gasteiger partial charge in [0.25, 0.3) is 0 Å². The summed E-state index contributed by atoms with van der Waals surface area (Å²) < 4.78 is 4.86. The predicted molar refractivity (Wildman–Crippen MR) is 275 cm³/mol. The van der Waals surface area contributed by atoms with E-state index < -0.39 is 0 Å². The molecule has 0 fully saturated rings. The van der Waals surface area contributed by atoms with Crippen molar-refractivity contribution in [2.24, 2.45) is 0 Å². The van der Waals surface area contributed by atoms with Crippen LogP contribution in [-0.2, 0) is 21.7 Å². The fraction of sp³-hybridized carbons (Fsp3) is 0.279. The quantitative estimate of drug-likeness (QED) is 0.177. The molecule has 0 saturated carbocycles. The van der Waals surface area contributed by atoms with E-state index in [9.17, 15) is 10.5 Å². The highest BCUT2D eigenvalue weighted by atomic mass is 15.0. The molecule has 0 aliphatic carbocycles. The summed E-state index contributed by atoms with van der Waals surface area (Å²) in [5.41, 5.74) is 17.8. The highest BCUT2D eigenvalue weighted by Gasteiger charge is 2.26. The number of aromatic nitrogens is 2. The number of fused-ring (bicyclic) bond motifs is 6. The van der Waals surface area contributed by atoms with Crippen molar-refractivity contribution in [1.82, 2.24) is 9.13 Å². The van der Waals surface area contributed by atoms with Gasteiger partial charge >= 0.3 is 0 Å². The molecule has 0 radical (unpaired) electrons. The second kappa shape index (κ2) is 15.1. The van der Waals surface area contributed by atoms with E-state index in [1.807, 2.05) is 18.2 Å². The minimum absolute atomic E-state index is 0.0353. The van der Waals surface area contributed by atoms with Crippen molar-refractivity contribution in [2.75, 3.05) is 0 Å². The lowest BCUT2D eigenvalue weighted by atomic mass is 9.85. The van der Waals surface area contributed by atoms with Crippen LogP contribution in [-0.4, -0.2) is 9.13 Å². The first-order chi connectivity index (χ1) is 30.6. The Morgan fingerprint density at radius 3 is 1.05 bits per heavy atom. The van der Waals surface area contributed by atoms with Crippen molar-refractivity contribution in [3.8, 4) is 45.8 Å². The summed E-state index contributed by atoms with van der Waals surface area (Å²) in [5, 5.41) is 25.3. The second-order valence-electron chi connectivity index (χ2n) is 22.3. The Kier molecular flexibility index (Phi) is 10.1. The number of benzene rings is 7. The molecule has 0 unspecified atom stereocenters. The zero-order valence-corrected chi connectivity index (χ0v) is 40.4. The van der Waals surface area contributed by atoms with Crippen LogP contribution in [0.4, 0.5) is 0 Å². The lowest BCUT2D eigenvalue weighted by Gasteiger charge is -2.22. The first kappa shape index (κ1) is 43.4. The van der Waals surface area contributed by atoms with E-state index in [0.29, 0.717) is 11.1 Å². The monoisotopic (exact) mass is 848 g/mol. The maximum atomic E-state index is 10.6. The van der Waals surface area contributed by atoms with Gasteiger partial charge in [-0.05, 0) is 159 Å². The number of hydrogen-bond donors (Lipinski definition) is 0. The fourth-order valence-corrected chi connectivity index (χ4v) is 9.62. The van der Waals surface area contributed by atoms with Gasteiger partial charge in [-0.15, -0.1) is 0 Å². The normalized spacial score (nSPS) is 12.7. The van der Waals surface area contributed by atoms with Gasteiger partial charge in [-0.25, -0.2) is 0 Å². The fourth-order valence-electron chi connectivity index (χ4n) is 9.62. The molecule has 0 aliphatic heterocycles. The third-order valence-electron chi connectivity index (χ3n) is 13.6. The molecule has 9 rings (SSSR count). The number of nitrogens with zero attached hydrogens (tertiary/aromatic N) is 4. The summed E-state index contributed by atoms with van der Waals surface area (Å²) >= 11 is 0. The Hall–Kier alpha value is -6.88. The SMILES string of the molecule is Cc1cc(C#N)ccc1-c1ccc(-n2c3ccc(C(C)(C)C)cc3c3cc(C(C)(C)C)ccc32)c(-c2cc(C#N)ccc2-n2c3ccc(C(C)(C)C)cc3c3cc(C(C)(C)C)ccc32)c1. The van der Waals surface area contributed by atoms with Crippen molar-refractivity contribution in [3.05, 3.63) is 166 Å². The van der Waals surface area contributed by atoms with Gasteiger partial charge in [0.1, 0.15) is 0 Å². The van der Waals surface area contributed by atoms with Crippen LogP contribution < -0.4 is 0 Å². The van der Waals surface area contributed by atoms with E-state index in [-0.39, 0.29) is 21.7 Å². The van der Waals surface area contributed by atoms with E-state index >= 15 is 0 Å². The molecule has 65 heavy (non-hydrogen) atoms. The van der Waals surface area contributed by atoms with E-state index in [2.05, 4.69) is 220 Å². The Morgan fingerprint density at radius 2 is 0.692 bits per heavy atom. The van der Waals surface area contributed by atoms with Crippen molar-refractivity contribution in [3.63, 3.8) is 0 Å². The number of rotatable bonds is 4. The second-order valence-corrected chi connectivity index (χ2v) is 22.3. The van der Waals surface area contributed by atoms with Crippen molar-refractivity contribution >= 4 is 43.6 Å². The van der Waals surface area contributed by atoms with E-state index in [1.54, 1.807) is 0 Å². The zero-order chi connectivity index (χ0) is 46.5. The topological polar surface area (TPSA) is 57.4 Å².